The lowest BCUT2D eigenvalue weighted by molar-refractivity contribution is -0.175. The maximum absolute atomic E-state index is 12.3. The molecule has 0 bridgehead atoms. The van der Waals surface area contributed by atoms with Crippen LogP contribution < -0.4 is 15.8 Å². The minimum absolute atomic E-state index is 0.347. The molecule has 1 rings (SSSR count). The molecule has 0 spiro atoms. The number of benzene rings is 1. The maximum atomic E-state index is 12.3. The van der Waals surface area contributed by atoms with Crippen LogP contribution in [0.15, 0.2) is 12.1 Å². The second kappa shape index (κ2) is 5.22. The molecule has 112 valence electrons. The smallest absolute Gasteiger partial charge is 0.471 e. The number of hydrogen-bond acceptors (Lipinski definition) is 3. The fourth-order valence-electron chi connectivity index (χ4n) is 1.98. The van der Waals surface area contributed by atoms with Crippen LogP contribution in [0.25, 0.3) is 0 Å². The lowest BCUT2D eigenvalue weighted by Gasteiger charge is -2.29. The number of ether oxygens (including phenoxy) is 1. The topological polar surface area (TPSA) is 64.3 Å². The van der Waals surface area contributed by atoms with Crippen LogP contribution in [0.1, 0.15) is 25.0 Å². The second-order valence-corrected chi connectivity index (χ2v) is 4.99. The van der Waals surface area contributed by atoms with Crippen LogP contribution in [0.3, 0.4) is 0 Å². The number of carbonyl (C=O) groups is 1. The zero-order chi connectivity index (χ0) is 15.7. The molecule has 7 heteroatoms. The summed E-state index contributed by atoms with van der Waals surface area (Å²) >= 11 is 0. The Kier molecular flexibility index (Phi) is 4.21. The lowest BCUT2D eigenvalue weighted by Crippen LogP contribution is -2.47. The number of nitrogens with one attached hydrogen (secondary N) is 1. The molecule has 0 radical (unpaired) electrons. The van der Waals surface area contributed by atoms with Crippen molar-refractivity contribution in [1.29, 1.82) is 0 Å². The summed E-state index contributed by atoms with van der Waals surface area (Å²) in [5.41, 5.74) is 6.06. The lowest BCUT2D eigenvalue weighted by atomic mass is 9.89. The number of hydrogen-bond donors (Lipinski definition) is 2. The van der Waals surface area contributed by atoms with Gasteiger partial charge in [0.25, 0.3) is 0 Å². The van der Waals surface area contributed by atoms with Gasteiger partial charge in [-0.25, -0.2) is 0 Å². The SMILES string of the molecule is COc1cc(C(C)(C)NC(=O)C(F)(F)F)c(C)cc1N. The maximum Gasteiger partial charge on any atom is 0.471 e. The zero-order valence-electron chi connectivity index (χ0n) is 11.7. The first-order valence-electron chi connectivity index (χ1n) is 5.83. The van der Waals surface area contributed by atoms with Gasteiger partial charge in [0.15, 0.2) is 0 Å². The number of carbonyl (C=O) groups excluding carboxylic acids is 1. The Morgan fingerprint density at radius 1 is 1.30 bits per heavy atom. The molecule has 1 aromatic carbocycles. The van der Waals surface area contributed by atoms with E-state index < -0.39 is 17.6 Å². The van der Waals surface area contributed by atoms with E-state index in [2.05, 4.69) is 0 Å². The summed E-state index contributed by atoms with van der Waals surface area (Å²) in [6.07, 6.45) is -4.93. The van der Waals surface area contributed by atoms with E-state index in [0.717, 1.165) is 0 Å². The summed E-state index contributed by atoms with van der Waals surface area (Å²) in [4.78, 5) is 11.1. The molecule has 0 heterocycles. The van der Waals surface area contributed by atoms with Crippen LogP contribution in [-0.2, 0) is 10.3 Å². The van der Waals surface area contributed by atoms with Gasteiger partial charge in [-0.1, -0.05) is 0 Å². The first kappa shape index (κ1) is 16.1. The van der Waals surface area contributed by atoms with Crippen molar-refractivity contribution in [2.45, 2.75) is 32.5 Å². The zero-order valence-corrected chi connectivity index (χ0v) is 11.7. The Morgan fingerprint density at radius 3 is 2.30 bits per heavy atom. The highest BCUT2D eigenvalue weighted by Gasteiger charge is 2.42. The molecule has 0 aliphatic heterocycles. The number of alkyl halides is 3. The minimum atomic E-state index is -4.93. The van der Waals surface area contributed by atoms with Crippen LogP contribution in [0, 0.1) is 6.92 Å². The second-order valence-electron chi connectivity index (χ2n) is 4.99. The van der Waals surface area contributed by atoms with Crippen molar-refractivity contribution in [1.82, 2.24) is 5.32 Å². The Bertz CT molecular complexity index is 525. The molecule has 0 aliphatic carbocycles. The molecule has 20 heavy (non-hydrogen) atoms. The van der Waals surface area contributed by atoms with E-state index in [1.807, 2.05) is 5.32 Å². The summed E-state index contributed by atoms with van der Waals surface area (Å²) in [7, 11) is 1.41. The number of nitrogens with two attached hydrogens (primary N) is 1. The van der Waals surface area contributed by atoms with Crippen LogP contribution in [0.5, 0.6) is 5.75 Å². The van der Waals surface area contributed by atoms with Crippen LogP contribution in [0.4, 0.5) is 18.9 Å². The summed E-state index contributed by atoms with van der Waals surface area (Å²) in [6.45, 7) is 4.66. The van der Waals surface area contributed by atoms with Gasteiger partial charge in [0, 0.05) is 0 Å². The van der Waals surface area contributed by atoms with E-state index >= 15 is 0 Å². The first-order valence-corrected chi connectivity index (χ1v) is 5.83. The van der Waals surface area contributed by atoms with Crippen molar-refractivity contribution < 1.29 is 22.7 Å². The van der Waals surface area contributed by atoms with Gasteiger partial charge in [-0.3, -0.25) is 4.79 Å². The van der Waals surface area contributed by atoms with Gasteiger partial charge >= 0.3 is 12.1 Å². The molecule has 0 atom stereocenters. The minimum Gasteiger partial charge on any atom is -0.495 e. The van der Waals surface area contributed by atoms with Gasteiger partial charge in [-0.05, 0) is 44.0 Å². The molecule has 1 aromatic rings. The highest BCUT2D eigenvalue weighted by atomic mass is 19.4. The van der Waals surface area contributed by atoms with Crippen molar-refractivity contribution in [2.24, 2.45) is 0 Å². The normalized spacial score (nSPS) is 12.2. The van der Waals surface area contributed by atoms with Gasteiger partial charge in [0.05, 0.1) is 18.3 Å². The third kappa shape index (κ3) is 3.34. The number of amides is 1. The molecule has 4 nitrogen and oxygen atoms in total. The van der Waals surface area contributed by atoms with Crippen LogP contribution in [-0.4, -0.2) is 19.2 Å². The third-order valence-electron chi connectivity index (χ3n) is 2.93. The van der Waals surface area contributed by atoms with Gasteiger partial charge < -0.3 is 15.8 Å². The number of methoxy groups -OCH3 is 1. The van der Waals surface area contributed by atoms with E-state index in [4.69, 9.17) is 10.5 Å². The molecular formula is C13H17F3N2O2. The number of halogens is 3. The molecule has 0 unspecified atom stereocenters. The van der Waals surface area contributed by atoms with Crippen LogP contribution in [0.2, 0.25) is 0 Å². The fourth-order valence-corrected chi connectivity index (χ4v) is 1.98. The van der Waals surface area contributed by atoms with Crippen molar-refractivity contribution in [2.75, 3.05) is 12.8 Å². The third-order valence-corrected chi connectivity index (χ3v) is 2.93. The summed E-state index contributed by atoms with van der Waals surface area (Å²) in [5.74, 6) is -1.64. The number of aryl methyl sites for hydroxylation is 1. The number of anilines is 1. The Labute approximate surface area is 115 Å². The highest BCUT2D eigenvalue weighted by Crippen LogP contribution is 2.32. The van der Waals surface area contributed by atoms with E-state index in [9.17, 15) is 18.0 Å². The van der Waals surface area contributed by atoms with E-state index in [1.165, 1.54) is 27.0 Å². The average molecular weight is 290 g/mol. The highest BCUT2D eigenvalue weighted by molar-refractivity contribution is 5.82. The Morgan fingerprint density at radius 2 is 1.85 bits per heavy atom. The largest absolute Gasteiger partial charge is 0.495 e. The molecule has 0 aliphatic rings. The van der Waals surface area contributed by atoms with E-state index in [0.29, 0.717) is 22.6 Å². The summed E-state index contributed by atoms with van der Waals surface area (Å²) in [5, 5.41) is 1.96. The standard InChI is InChI=1S/C13H17F3N2O2/c1-7-5-9(17)10(20-4)6-8(7)12(2,3)18-11(19)13(14,15)16/h5-6H,17H2,1-4H3,(H,18,19). The van der Waals surface area contributed by atoms with Gasteiger partial charge in [-0.15, -0.1) is 0 Å². The molecule has 0 saturated heterocycles. The average Bonchev–Trinajstić information content (AvgIpc) is 2.26. The van der Waals surface area contributed by atoms with E-state index in [1.54, 1.807) is 13.0 Å². The van der Waals surface area contributed by atoms with Crippen LogP contribution >= 0.6 is 0 Å². The van der Waals surface area contributed by atoms with Crippen molar-refractivity contribution in [3.05, 3.63) is 23.3 Å². The number of nitrogen functional groups attached to an aromatic ring is 1. The predicted octanol–water partition coefficient (Wildman–Crippen LogP) is 2.50. The summed E-state index contributed by atoms with van der Waals surface area (Å²) in [6, 6.07) is 3.12. The van der Waals surface area contributed by atoms with Crippen molar-refractivity contribution in [3.63, 3.8) is 0 Å². The van der Waals surface area contributed by atoms with Gasteiger partial charge in [-0.2, -0.15) is 13.2 Å². The van der Waals surface area contributed by atoms with Crippen molar-refractivity contribution >= 4 is 11.6 Å². The fraction of sp³-hybridized carbons (Fsp3) is 0.462. The van der Waals surface area contributed by atoms with Gasteiger partial charge in [0.2, 0.25) is 0 Å². The van der Waals surface area contributed by atoms with E-state index in [-0.39, 0.29) is 0 Å². The number of rotatable bonds is 3. The van der Waals surface area contributed by atoms with Gasteiger partial charge in [0.1, 0.15) is 5.75 Å². The quantitative estimate of drug-likeness (QED) is 0.841. The Balaban J connectivity index is 3.18. The summed E-state index contributed by atoms with van der Waals surface area (Å²) < 4.78 is 42.1. The molecule has 3 N–H and O–H groups in total. The predicted molar refractivity (Wildman–Crippen MR) is 69.4 cm³/mol. The first-order chi connectivity index (χ1) is 8.99. The van der Waals surface area contributed by atoms with Crippen molar-refractivity contribution in [3.8, 4) is 5.75 Å². The monoisotopic (exact) mass is 290 g/mol. The molecule has 0 fully saturated rings. The molecule has 1 amide bonds. The molecule has 0 aromatic heterocycles. The Hall–Kier alpha value is -1.92. The molecular weight excluding hydrogens is 273 g/mol. The molecule has 0 saturated carbocycles.